The van der Waals surface area contributed by atoms with Crippen LogP contribution in [0.3, 0.4) is 0 Å². The standard InChI is InChI=1S/C18H21NO4S/c1-22-12-7-8-15(23-2)13(11-12)17(16-6-4-10-24-16)19-9-3-5-14(19)18(20)21/h4,6-8,10-11,14,17H,3,5,9H2,1-2H3,(H,20,21). The zero-order chi connectivity index (χ0) is 17.1. The predicted octanol–water partition coefficient (Wildman–Crippen LogP) is 3.40. The number of carboxylic acids is 1. The summed E-state index contributed by atoms with van der Waals surface area (Å²) in [5.74, 6) is 0.708. The smallest absolute Gasteiger partial charge is 0.320 e. The number of carboxylic acid groups (broad SMARTS) is 1. The van der Waals surface area contributed by atoms with Crippen LogP contribution < -0.4 is 9.47 Å². The molecule has 1 aliphatic rings. The molecule has 0 spiro atoms. The first-order chi connectivity index (χ1) is 11.7. The van der Waals surface area contributed by atoms with E-state index >= 15 is 0 Å². The molecule has 0 aliphatic carbocycles. The molecule has 0 saturated carbocycles. The lowest BCUT2D eigenvalue weighted by Crippen LogP contribution is -2.39. The summed E-state index contributed by atoms with van der Waals surface area (Å²) in [6.45, 7) is 0.750. The summed E-state index contributed by atoms with van der Waals surface area (Å²) in [5.41, 5.74) is 0.937. The van der Waals surface area contributed by atoms with E-state index in [1.54, 1.807) is 25.6 Å². The molecule has 0 bridgehead atoms. The van der Waals surface area contributed by atoms with E-state index in [1.165, 1.54) is 0 Å². The molecule has 24 heavy (non-hydrogen) atoms. The van der Waals surface area contributed by atoms with Gasteiger partial charge in [-0.1, -0.05) is 6.07 Å². The quantitative estimate of drug-likeness (QED) is 0.868. The SMILES string of the molecule is COc1ccc(OC)c(C(c2cccs2)N2CCCC2C(=O)O)c1. The summed E-state index contributed by atoms with van der Waals surface area (Å²) in [6, 6.07) is 9.08. The normalized spacial score (nSPS) is 19.2. The van der Waals surface area contributed by atoms with Gasteiger partial charge >= 0.3 is 5.97 Å². The van der Waals surface area contributed by atoms with Crippen molar-refractivity contribution in [2.45, 2.75) is 24.9 Å². The van der Waals surface area contributed by atoms with Gasteiger partial charge in [-0.2, -0.15) is 0 Å². The van der Waals surface area contributed by atoms with Gasteiger partial charge in [-0.25, -0.2) is 0 Å². The third kappa shape index (κ3) is 3.12. The molecule has 5 nitrogen and oxygen atoms in total. The molecule has 3 rings (SSSR count). The number of hydrogen-bond acceptors (Lipinski definition) is 5. The molecule has 0 radical (unpaired) electrons. The fourth-order valence-electron chi connectivity index (χ4n) is 3.36. The molecule has 6 heteroatoms. The van der Waals surface area contributed by atoms with Crippen molar-refractivity contribution in [2.75, 3.05) is 20.8 Å². The minimum Gasteiger partial charge on any atom is -0.497 e. The summed E-state index contributed by atoms with van der Waals surface area (Å²) < 4.78 is 10.9. The molecule has 2 unspecified atom stereocenters. The Hall–Kier alpha value is -2.05. The highest BCUT2D eigenvalue weighted by Crippen LogP contribution is 2.41. The molecular weight excluding hydrogens is 326 g/mol. The molecule has 1 aromatic heterocycles. The van der Waals surface area contributed by atoms with Crippen LogP contribution >= 0.6 is 11.3 Å². The summed E-state index contributed by atoms with van der Waals surface area (Å²) >= 11 is 1.63. The van der Waals surface area contributed by atoms with Crippen molar-refractivity contribution in [1.82, 2.24) is 4.90 Å². The zero-order valence-electron chi connectivity index (χ0n) is 13.8. The fraction of sp³-hybridized carbons (Fsp3) is 0.389. The maximum atomic E-state index is 11.7. The molecule has 1 aromatic carbocycles. The number of rotatable bonds is 6. The summed E-state index contributed by atoms with van der Waals surface area (Å²) in [7, 11) is 3.26. The van der Waals surface area contributed by atoms with E-state index in [9.17, 15) is 9.90 Å². The number of aliphatic carboxylic acids is 1. The van der Waals surface area contributed by atoms with Crippen LogP contribution in [-0.2, 0) is 4.79 Å². The van der Waals surface area contributed by atoms with E-state index in [4.69, 9.17) is 9.47 Å². The average molecular weight is 347 g/mol. The van der Waals surface area contributed by atoms with Crippen LogP contribution in [0.1, 0.15) is 29.3 Å². The number of nitrogens with zero attached hydrogens (tertiary/aromatic N) is 1. The van der Waals surface area contributed by atoms with Crippen molar-refractivity contribution in [3.05, 3.63) is 46.2 Å². The van der Waals surface area contributed by atoms with Gasteiger partial charge < -0.3 is 14.6 Å². The monoisotopic (exact) mass is 347 g/mol. The lowest BCUT2D eigenvalue weighted by atomic mass is 10.0. The summed E-state index contributed by atoms with van der Waals surface area (Å²) in [5, 5.41) is 11.6. The van der Waals surface area contributed by atoms with Gasteiger partial charge in [0.15, 0.2) is 0 Å². The van der Waals surface area contributed by atoms with E-state index in [1.807, 2.05) is 35.7 Å². The average Bonchev–Trinajstić information content (AvgIpc) is 3.27. The highest BCUT2D eigenvalue weighted by atomic mass is 32.1. The van der Waals surface area contributed by atoms with Gasteiger partial charge in [0, 0.05) is 17.0 Å². The Morgan fingerprint density at radius 3 is 2.79 bits per heavy atom. The lowest BCUT2D eigenvalue weighted by molar-refractivity contribution is -0.142. The van der Waals surface area contributed by atoms with Crippen molar-refractivity contribution >= 4 is 17.3 Å². The highest BCUT2D eigenvalue weighted by molar-refractivity contribution is 7.10. The van der Waals surface area contributed by atoms with Crippen LogP contribution in [0.25, 0.3) is 0 Å². The van der Waals surface area contributed by atoms with Gasteiger partial charge in [0.2, 0.25) is 0 Å². The van der Waals surface area contributed by atoms with Crippen molar-refractivity contribution in [3.63, 3.8) is 0 Å². The Morgan fingerprint density at radius 2 is 2.17 bits per heavy atom. The Labute approximate surface area is 145 Å². The van der Waals surface area contributed by atoms with Gasteiger partial charge in [-0.15, -0.1) is 11.3 Å². The van der Waals surface area contributed by atoms with E-state index in [0.717, 1.165) is 34.9 Å². The second-order valence-electron chi connectivity index (χ2n) is 5.76. The first-order valence-corrected chi connectivity index (χ1v) is 8.77. The first kappa shape index (κ1) is 16.8. The van der Waals surface area contributed by atoms with E-state index in [0.29, 0.717) is 6.42 Å². The number of likely N-dealkylation sites (tertiary alicyclic amines) is 1. The highest BCUT2D eigenvalue weighted by Gasteiger charge is 2.38. The third-order valence-electron chi connectivity index (χ3n) is 4.46. The first-order valence-electron chi connectivity index (χ1n) is 7.89. The van der Waals surface area contributed by atoms with Crippen LogP contribution in [0.4, 0.5) is 0 Å². The van der Waals surface area contributed by atoms with Crippen LogP contribution in [0.5, 0.6) is 11.5 Å². The molecule has 2 heterocycles. The molecule has 1 aliphatic heterocycles. The molecule has 1 fully saturated rings. The fourth-order valence-corrected chi connectivity index (χ4v) is 4.22. The number of hydrogen-bond donors (Lipinski definition) is 1. The maximum Gasteiger partial charge on any atom is 0.320 e. The molecular formula is C18H21NO4S. The van der Waals surface area contributed by atoms with Gasteiger partial charge in [-0.05, 0) is 42.5 Å². The molecule has 0 amide bonds. The largest absolute Gasteiger partial charge is 0.497 e. The van der Waals surface area contributed by atoms with Gasteiger partial charge in [0.05, 0.1) is 20.3 Å². The van der Waals surface area contributed by atoms with Gasteiger partial charge in [0.1, 0.15) is 17.5 Å². The topological polar surface area (TPSA) is 59.0 Å². The Morgan fingerprint density at radius 1 is 1.33 bits per heavy atom. The summed E-state index contributed by atoms with van der Waals surface area (Å²) in [6.07, 6.45) is 1.55. The van der Waals surface area contributed by atoms with Crippen LogP contribution in [0.15, 0.2) is 35.7 Å². The Bertz CT molecular complexity index is 701. The molecule has 1 N–H and O–H groups in total. The number of thiophene rings is 1. The van der Waals surface area contributed by atoms with E-state index in [2.05, 4.69) is 4.90 Å². The number of methoxy groups -OCH3 is 2. The number of carbonyl (C=O) groups is 1. The van der Waals surface area contributed by atoms with Gasteiger partial charge in [-0.3, -0.25) is 9.69 Å². The van der Waals surface area contributed by atoms with Crippen LogP contribution in [0, 0.1) is 0 Å². The lowest BCUT2D eigenvalue weighted by Gasteiger charge is -2.32. The Kier molecular flexibility index (Phi) is 5.06. The minimum atomic E-state index is -0.768. The van der Waals surface area contributed by atoms with E-state index < -0.39 is 12.0 Å². The van der Waals surface area contributed by atoms with Crippen molar-refractivity contribution in [2.24, 2.45) is 0 Å². The predicted molar refractivity (Wildman–Crippen MR) is 93.1 cm³/mol. The number of benzene rings is 1. The second kappa shape index (κ2) is 7.23. The zero-order valence-corrected chi connectivity index (χ0v) is 14.6. The van der Waals surface area contributed by atoms with Crippen LogP contribution in [-0.4, -0.2) is 42.8 Å². The minimum absolute atomic E-state index is 0.154. The van der Waals surface area contributed by atoms with Crippen molar-refractivity contribution in [1.29, 1.82) is 0 Å². The maximum absolute atomic E-state index is 11.7. The van der Waals surface area contributed by atoms with E-state index in [-0.39, 0.29) is 6.04 Å². The summed E-state index contributed by atoms with van der Waals surface area (Å²) in [4.78, 5) is 14.9. The van der Waals surface area contributed by atoms with Crippen LogP contribution in [0.2, 0.25) is 0 Å². The van der Waals surface area contributed by atoms with Gasteiger partial charge in [0.25, 0.3) is 0 Å². The molecule has 2 aromatic rings. The Balaban J connectivity index is 2.11. The molecule has 1 saturated heterocycles. The molecule has 2 atom stereocenters. The third-order valence-corrected chi connectivity index (χ3v) is 5.38. The van der Waals surface area contributed by atoms with Crippen molar-refractivity contribution < 1.29 is 19.4 Å². The van der Waals surface area contributed by atoms with Crippen molar-refractivity contribution in [3.8, 4) is 11.5 Å². The molecule has 128 valence electrons. The second-order valence-corrected chi connectivity index (χ2v) is 6.74. The number of ether oxygens (including phenoxy) is 2.